The Kier molecular flexibility index (Phi) is 6.34. The first-order valence-electron chi connectivity index (χ1n) is 8.97. The maximum Gasteiger partial charge on any atom is 0.573 e. The van der Waals surface area contributed by atoms with Crippen molar-refractivity contribution in [2.45, 2.75) is 25.6 Å². The summed E-state index contributed by atoms with van der Waals surface area (Å²) in [6.45, 7) is 1.17. The fourth-order valence-corrected chi connectivity index (χ4v) is 2.76. The van der Waals surface area contributed by atoms with Crippen LogP contribution in [-0.4, -0.2) is 36.2 Å². The van der Waals surface area contributed by atoms with Crippen LogP contribution in [0.15, 0.2) is 42.1 Å². The van der Waals surface area contributed by atoms with Crippen LogP contribution in [0.5, 0.6) is 11.5 Å². The van der Waals surface area contributed by atoms with Crippen LogP contribution in [0.3, 0.4) is 0 Å². The standard InChI is InChI=1S/C21H13F6NO4/c1-2-30-19(29)16-11-13-10-15(32-21(25,26)27)9-12(6-7-14-5-3-4-8-28-14)17(13)31-18(16)20(22,23)24/h3-5,8-11,18H,2H2,1H3. The number of esters is 1. The number of alkyl halides is 6. The van der Waals surface area contributed by atoms with Crippen molar-refractivity contribution < 1.29 is 45.3 Å². The van der Waals surface area contributed by atoms with Crippen molar-refractivity contribution in [3.8, 4) is 23.3 Å². The predicted octanol–water partition coefficient (Wildman–Crippen LogP) is 4.65. The number of hydrogen-bond donors (Lipinski definition) is 0. The van der Waals surface area contributed by atoms with E-state index in [4.69, 9.17) is 4.74 Å². The van der Waals surface area contributed by atoms with Crippen LogP contribution in [0.25, 0.3) is 6.08 Å². The molecule has 0 bridgehead atoms. The molecule has 0 radical (unpaired) electrons. The highest BCUT2D eigenvalue weighted by atomic mass is 19.4. The molecule has 11 heteroatoms. The number of pyridine rings is 1. The van der Waals surface area contributed by atoms with E-state index in [-0.39, 0.29) is 23.4 Å². The van der Waals surface area contributed by atoms with Crippen LogP contribution in [0, 0.1) is 11.8 Å². The van der Waals surface area contributed by atoms with E-state index in [9.17, 15) is 31.1 Å². The first-order chi connectivity index (χ1) is 15.0. The zero-order chi connectivity index (χ0) is 23.5. The summed E-state index contributed by atoms with van der Waals surface area (Å²) in [5.74, 6) is 2.47. The third-order valence-electron chi connectivity index (χ3n) is 3.95. The van der Waals surface area contributed by atoms with Gasteiger partial charge in [0.1, 0.15) is 17.2 Å². The molecule has 32 heavy (non-hydrogen) atoms. The summed E-state index contributed by atoms with van der Waals surface area (Å²) < 4.78 is 92.5. The third kappa shape index (κ3) is 5.51. The van der Waals surface area contributed by atoms with Gasteiger partial charge in [0.25, 0.3) is 0 Å². The van der Waals surface area contributed by atoms with Gasteiger partial charge in [-0.1, -0.05) is 12.0 Å². The summed E-state index contributed by atoms with van der Waals surface area (Å²) in [6.07, 6.45) is -10.6. The van der Waals surface area contributed by atoms with Crippen LogP contribution in [0.4, 0.5) is 26.3 Å². The summed E-state index contributed by atoms with van der Waals surface area (Å²) in [6, 6.07) is 6.27. The molecule has 5 nitrogen and oxygen atoms in total. The van der Waals surface area contributed by atoms with Gasteiger partial charge in [0.05, 0.1) is 17.7 Å². The maximum absolute atomic E-state index is 13.6. The van der Waals surface area contributed by atoms with Crippen molar-refractivity contribution in [2.24, 2.45) is 0 Å². The number of hydrogen-bond acceptors (Lipinski definition) is 5. The molecule has 168 valence electrons. The Labute approximate surface area is 177 Å². The van der Waals surface area contributed by atoms with E-state index in [1.165, 1.54) is 19.2 Å². The molecule has 0 amide bonds. The zero-order valence-corrected chi connectivity index (χ0v) is 16.2. The van der Waals surface area contributed by atoms with Crippen molar-refractivity contribution in [3.05, 3.63) is 58.9 Å². The van der Waals surface area contributed by atoms with Crippen molar-refractivity contribution in [1.29, 1.82) is 0 Å². The fourth-order valence-electron chi connectivity index (χ4n) is 2.76. The van der Waals surface area contributed by atoms with Gasteiger partial charge in [-0.2, -0.15) is 13.2 Å². The Morgan fingerprint density at radius 1 is 1.16 bits per heavy atom. The molecular formula is C21H13F6NO4. The molecule has 2 heterocycles. The first-order valence-corrected chi connectivity index (χ1v) is 8.97. The van der Waals surface area contributed by atoms with E-state index >= 15 is 0 Å². The topological polar surface area (TPSA) is 57.7 Å². The average Bonchev–Trinajstić information content (AvgIpc) is 2.70. The second-order valence-electron chi connectivity index (χ2n) is 6.26. The van der Waals surface area contributed by atoms with Crippen LogP contribution in [0.1, 0.15) is 23.7 Å². The SMILES string of the molecule is CCOC(=O)C1=Cc2cc(OC(F)(F)F)cc(C#Cc3ccccn3)c2OC1C(F)(F)F. The van der Waals surface area contributed by atoms with E-state index < -0.39 is 41.7 Å². The van der Waals surface area contributed by atoms with Gasteiger partial charge in [0.2, 0.25) is 6.10 Å². The minimum absolute atomic E-state index is 0.217. The zero-order valence-electron chi connectivity index (χ0n) is 16.2. The molecule has 1 unspecified atom stereocenters. The van der Waals surface area contributed by atoms with Crippen LogP contribution >= 0.6 is 0 Å². The van der Waals surface area contributed by atoms with Gasteiger partial charge in [0, 0.05) is 11.8 Å². The van der Waals surface area contributed by atoms with Gasteiger partial charge in [-0.25, -0.2) is 9.78 Å². The first kappa shape index (κ1) is 23.0. The molecule has 3 rings (SSSR count). The van der Waals surface area contributed by atoms with Gasteiger partial charge < -0.3 is 14.2 Å². The lowest BCUT2D eigenvalue weighted by Crippen LogP contribution is -2.41. The highest BCUT2D eigenvalue weighted by Gasteiger charge is 2.49. The highest BCUT2D eigenvalue weighted by Crippen LogP contribution is 2.41. The van der Waals surface area contributed by atoms with E-state index in [1.54, 1.807) is 12.1 Å². The van der Waals surface area contributed by atoms with Crippen molar-refractivity contribution in [2.75, 3.05) is 6.61 Å². The Hall–Kier alpha value is -3.68. The lowest BCUT2D eigenvalue weighted by atomic mass is 9.98. The summed E-state index contributed by atoms with van der Waals surface area (Å²) >= 11 is 0. The summed E-state index contributed by atoms with van der Waals surface area (Å²) in [7, 11) is 0. The number of carbonyl (C=O) groups is 1. The molecule has 0 saturated carbocycles. The minimum Gasteiger partial charge on any atom is -0.474 e. The Morgan fingerprint density at radius 2 is 1.91 bits per heavy atom. The summed E-state index contributed by atoms with van der Waals surface area (Å²) in [5, 5.41) is 0. The largest absolute Gasteiger partial charge is 0.573 e. The van der Waals surface area contributed by atoms with Gasteiger partial charge >= 0.3 is 18.5 Å². The van der Waals surface area contributed by atoms with E-state index in [1.807, 2.05) is 0 Å². The number of benzene rings is 1. The van der Waals surface area contributed by atoms with Crippen LogP contribution in [-0.2, 0) is 9.53 Å². The lowest BCUT2D eigenvalue weighted by molar-refractivity contribution is -0.274. The summed E-state index contributed by atoms with van der Waals surface area (Å²) in [4.78, 5) is 16.0. The van der Waals surface area contributed by atoms with E-state index in [0.717, 1.165) is 18.2 Å². The van der Waals surface area contributed by atoms with Gasteiger partial charge in [-0.15, -0.1) is 13.2 Å². The molecule has 0 saturated heterocycles. The smallest absolute Gasteiger partial charge is 0.474 e. The fraction of sp³-hybridized carbons (Fsp3) is 0.238. The normalized spacial score (nSPS) is 15.5. The van der Waals surface area contributed by atoms with E-state index in [2.05, 4.69) is 26.3 Å². The molecular weight excluding hydrogens is 444 g/mol. The maximum atomic E-state index is 13.6. The highest BCUT2D eigenvalue weighted by molar-refractivity contribution is 5.96. The molecule has 1 aromatic carbocycles. The molecule has 1 aromatic heterocycles. The van der Waals surface area contributed by atoms with Crippen molar-refractivity contribution in [1.82, 2.24) is 4.98 Å². The number of fused-ring (bicyclic) bond motifs is 1. The number of carbonyl (C=O) groups excluding carboxylic acids is 1. The Balaban J connectivity index is 2.17. The van der Waals surface area contributed by atoms with Gasteiger partial charge in [-0.3, -0.25) is 0 Å². The molecule has 1 atom stereocenters. The lowest BCUT2D eigenvalue weighted by Gasteiger charge is -2.28. The minimum atomic E-state index is -5.07. The second-order valence-corrected chi connectivity index (χ2v) is 6.26. The second kappa shape index (κ2) is 8.82. The predicted molar refractivity (Wildman–Crippen MR) is 98.4 cm³/mol. The molecule has 1 aliphatic rings. The number of ether oxygens (including phenoxy) is 3. The molecule has 2 aromatic rings. The number of aromatic nitrogens is 1. The molecule has 1 aliphatic heterocycles. The molecule has 0 aliphatic carbocycles. The average molecular weight is 457 g/mol. The Morgan fingerprint density at radius 3 is 2.50 bits per heavy atom. The number of nitrogens with zero attached hydrogens (tertiary/aromatic N) is 1. The Bertz CT molecular complexity index is 1100. The summed E-state index contributed by atoms with van der Waals surface area (Å²) in [5.41, 5.74) is -1.28. The third-order valence-corrected chi connectivity index (χ3v) is 3.95. The quantitative estimate of drug-likeness (QED) is 0.382. The monoisotopic (exact) mass is 457 g/mol. The van der Waals surface area contributed by atoms with Crippen molar-refractivity contribution >= 4 is 12.0 Å². The van der Waals surface area contributed by atoms with Crippen LogP contribution in [0.2, 0.25) is 0 Å². The molecule has 0 spiro atoms. The van der Waals surface area contributed by atoms with Crippen molar-refractivity contribution in [3.63, 3.8) is 0 Å². The van der Waals surface area contributed by atoms with Gasteiger partial charge in [0.15, 0.2) is 0 Å². The number of rotatable bonds is 3. The van der Waals surface area contributed by atoms with E-state index in [0.29, 0.717) is 0 Å². The molecule has 0 N–H and O–H groups in total. The van der Waals surface area contributed by atoms with Gasteiger partial charge in [-0.05, 0) is 43.2 Å². The van der Waals surface area contributed by atoms with Crippen LogP contribution < -0.4 is 9.47 Å². The molecule has 0 fully saturated rings. The number of halogens is 6.